The van der Waals surface area contributed by atoms with Crippen molar-refractivity contribution in [1.29, 1.82) is 0 Å². The summed E-state index contributed by atoms with van der Waals surface area (Å²) in [6.07, 6.45) is 1.57. The summed E-state index contributed by atoms with van der Waals surface area (Å²) in [5.74, 6) is -0.611. The molecule has 0 radical (unpaired) electrons. The zero-order chi connectivity index (χ0) is 12.7. The average Bonchev–Trinajstić information content (AvgIpc) is 2.83. The van der Waals surface area contributed by atoms with Crippen LogP contribution in [0.5, 0.6) is 0 Å². The van der Waals surface area contributed by atoms with Gasteiger partial charge in [-0.05, 0) is 25.7 Å². The lowest BCUT2D eigenvalue weighted by Gasteiger charge is -2.19. The fourth-order valence-electron chi connectivity index (χ4n) is 2.04. The second kappa shape index (κ2) is 7.27. The first kappa shape index (κ1) is 14.0. The van der Waals surface area contributed by atoms with Gasteiger partial charge in [0.15, 0.2) is 0 Å². The van der Waals surface area contributed by atoms with Gasteiger partial charge in [-0.1, -0.05) is 0 Å². The highest BCUT2D eigenvalue weighted by molar-refractivity contribution is 5.74. The predicted molar refractivity (Wildman–Crippen MR) is 60.3 cm³/mol. The van der Waals surface area contributed by atoms with Crippen LogP contribution < -0.4 is 0 Å². The molecule has 2 atom stereocenters. The second-order valence-electron chi connectivity index (χ2n) is 4.10. The molecule has 1 aliphatic heterocycles. The van der Waals surface area contributed by atoms with E-state index in [2.05, 4.69) is 4.74 Å². The smallest absolute Gasteiger partial charge is 0.309 e. The van der Waals surface area contributed by atoms with Crippen LogP contribution in [0.15, 0.2) is 0 Å². The van der Waals surface area contributed by atoms with Crippen molar-refractivity contribution in [2.24, 2.45) is 11.8 Å². The van der Waals surface area contributed by atoms with E-state index in [4.69, 9.17) is 9.47 Å². The van der Waals surface area contributed by atoms with Crippen LogP contribution in [0, 0.1) is 11.8 Å². The van der Waals surface area contributed by atoms with Crippen LogP contribution in [-0.2, 0) is 23.8 Å². The van der Waals surface area contributed by atoms with Gasteiger partial charge in [-0.2, -0.15) is 0 Å². The van der Waals surface area contributed by atoms with Crippen LogP contribution >= 0.6 is 0 Å². The first-order valence-corrected chi connectivity index (χ1v) is 6.00. The number of hydrogen-bond acceptors (Lipinski definition) is 5. The molecule has 0 aliphatic carbocycles. The topological polar surface area (TPSA) is 61.8 Å². The van der Waals surface area contributed by atoms with Gasteiger partial charge in [0.2, 0.25) is 0 Å². The lowest BCUT2D eigenvalue weighted by atomic mass is 9.88. The van der Waals surface area contributed by atoms with Crippen LogP contribution in [0.3, 0.4) is 0 Å². The summed E-state index contributed by atoms with van der Waals surface area (Å²) in [5.41, 5.74) is 0. The van der Waals surface area contributed by atoms with E-state index in [9.17, 15) is 9.59 Å². The summed E-state index contributed by atoms with van der Waals surface area (Å²) in [7, 11) is 1.35. The molecule has 0 N–H and O–H groups in total. The molecule has 1 rings (SSSR count). The highest BCUT2D eigenvalue weighted by atomic mass is 16.5. The van der Waals surface area contributed by atoms with Crippen molar-refractivity contribution in [3.05, 3.63) is 0 Å². The Morgan fingerprint density at radius 3 is 2.76 bits per heavy atom. The molecule has 1 fully saturated rings. The summed E-state index contributed by atoms with van der Waals surface area (Å²) in [6, 6.07) is 0. The molecular weight excluding hydrogens is 224 g/mol. The quantitative estimate of drug-likeness (QED) is 0.656. The zero-order valence-electron chi connectivity index (χ0n) is 10.4. The van der Waals surface area contributed by atoms with Gasteiger partial charge in [0, 0.05) is 13.0 Å². The number of carbonyl (C=O) groups excluding carboxylic acids is 2. The summed E-state index contributed by atoms with van der Waals surface area (Å²) in [6.45, 7) is 3.39. The average molecular weight is 244 g/mol. The number of rotatable bonds is 6. The van der Waals surface area contributed by atoms with Gasteiger partial charge in [-0.3, -0.25) is 9.59 Å². The zero-order valence-corrected chi connectivity index (χ0v) is 10.4. The van der Waals surface area contributed by atoms with Gasteiger partial charge in [0.25, 0.3) is 0 Å². The largest absolute Gasteiger partial charge is 0.469 e. The normalized spacial score (nSPS) is 20.9. The van der Waals surface area contributed by atoms with Gasteiger partial charge < -0.3 is 14.2 Å². The fourth-order valence-corrected chi connectivity index (χ4v) is 2.04. The van der Waals surface area contributed by atoms with Gasteiger partial charge in [0.1, 0.15) is 0 Å². The van der Waals surface area contributed by atoms with Crippen molar-refractivity contribution in [2.75, 3.05) is 26.9 Å². The minimum absolute atomic E-state index is 0.165. The van der Waals surface area contributed by atoms with E-state index in [0.717, 1.165) is 6.42 Å². The minimum atomic E-state index is -0.293. The summed E-state index contributed by atoms with van der Waals surface area (Å²) < 4.78 is 14.9. The Balaban J connectivity index is 2.51. The SMILES string of the molecule is CCOC(=O)C(CCC(=O)OC)C1CCOC1. The molecule has 0 spiro atoms. The maximum absolute atomic E-state index is 11.8. The van der Waals surface area contributed by atoms with Gasteiger partial charge in [-0.15, -0.1) is 0 Å². The van der Waals surface area contributed by atoms with Crippen LogP contribution in [0.4, 0.5) is 0 Å². The molecule has 0 bridgehead atoms. The minimum Gasteiger partial charge on any atom is -0.469 e. The summed E-state index contributed by atoms with van der Waals surface area (Å²) >= 11 is 0. The highest BCUT2D eigenvalue weighted by Gasteiger charge is 2.32. The molecule has 1 saturated heterocycles. The first-order chi connectivity index (χ1) is 8.19. The molecule has 0 aromatic rings. The van der Waals surface area contributed by atoms with Crippen molar-refractivity contribution < 1.29 is 23.8 Å². The number of esters is 2. The lowest BCUT2D eigenvalue weighted by Crippen LogP contribution is -2.27. The lowest BCUT2D eigenvalue weighted by molar-refractivity contribution is -0.151. The predicted octanol–water partition coefficient (Wildman–Crippen LogP) is 1.16. The summed E-state index contributed by atoms with van der Waals surface area (Å²) in [5, 5.41) is 0. The molecule has 1 heterocycles. The maximum atomic E-state index is 11.8. The fraction of sp³-hybridized carbons (Fsp3) is 0.833. The monoisotopic (exact) mass is 244 g/mol. The van der Waals surface area contributed by atoms with E-state index in [1.54, 1.807) is 6.92 Å². The van der Waals surface area contributed by atoms with Crippen molar-refractivity contribution in [1.82, 2.24) is 0 Å². The number of carbonyl (C=O) groups is 2. The van der Waals surface area contributed by atoms with E-state index < -0.39 is 0 Å². The Bertz CT molecular complexity index is 258. The van der Waals surface area contributed by atoms with Gasteiger partial charge in [0.05, 0.1) is 26.2 Å². The van der Waals surface area contributed by atoms with E-state index in [-0.39, 0.29) is 30.2 Å². The van der Waals surface area contributed by atoms with E-state index in [1.165, 1.54) is 7.11 Å². The molecular formula is C12H20O5. The molecule has 0 aromatic carbocycles. The van der Waals surface area contributed by atoms with Crippen LogP contribution in [0.25, 0.3) is 0 Å². The third-order valence-corrected chi connectivity index (χ3v) is 3.01. The molecule has 2 unspecified atom stereocenters. The standard InChI is InChI=1S/C12H20O5/c1-3-17-12(14)10(4-5-11(13)15-2)9-6-7-16-8-9/h9-10H,3-8H2,1-2H3. The van der Waals surface area contributed by atoms with Crippen LogP contribution in [0.2, 0.25) is 0 Å². The molecule has 0 aromatic heterocycles. The third-order valence-electron chi connectivity index (χ3n) is 3.01. The van der Waals surface area contributed by atoms with Crippen molar-refractivity contribution in [3.8, 4) is 0 Å². The maximum Gasteiger partial charge on any atom is 0.309 e. The van der Waals surface area contributed by atoms with Crippen molar-refractivity contribution in [2.45, 2.75) is 26.2 Å². The third kappa shape index (κ3) is 4.34. The van der Waals surface area contributed by atoms with E-state index >= 15 is 0 Å². The molecule has 0 amide bonds. The Labute approximate surface area is 101 Å². The highest BCUT2D eigenvalue weighted by Crippen LogP contribution is 2.27. The van der Waals surface area contributed by atoms with E-state index in [0.29, 0.717) is 26.2 Å². The Hall–Kier alpha value is -1.10. The van der Waals surface area contributed by atoms with Crippen LogP contribution in [-0.4, -0.2) is 38.9 Å². The second-order valence-corrected chi connectivity index (χ2v) is 4.10. The number of hydrogen-bond donors (Lipinski definition) is 0. The summed E-state index contributed by atoms with van der Waals surface area (Å²) in [4.78, 5) is 22.9. The molecule has 5 nitrogen and oxygen atoms in total. The Morgan fingerprint density at radius 1 is 1.47 bits per heavy atom. The molecule has 1 aliphatic rings. The first-order valence-electron chi connectivity index (χ1n) is 6.00. The van der Waals surface area contributed by atoms with Crippen LogP contribution in [0.1, 0.15) is 26.2 Å². The molecule has 5 heteroatoms. The molecule has 17 heavy (non-hydrogen) atoms. The molecule has 98 valence electrons. The Kier molecular flexibility index (Phi) is 5.97. The van der Waals surface area contributed by atoms with E-state index in [1.807, 2.05) is 0 Å². The number of ether oxygens (including phenoxy) is 3. The Morgan fingerprint density at radius 2 is 2.24 bits per heavy atom. The number of methoxy groups -OCH3 is 1. The van der Waals surface area contributed by atoms with Gasteiger partial charge >= 0.3 is 11.9 Å². The van der Waals surface area contributed by atoms with Gasteiger partial charge in [-0.25, -0.2) is 0 Å². The molecule has 0 saturated carbocycles. The van der Waals surface area contributed by atoms with Crippen molar-refractivity contribution in [3.63, 3.8) is 0 Å². The van der Waals surface area contributed by atoms with Crippen molar-refractivity contribution >= 4 is 11.9 Å².